The Morgan fingerprint density at radius 1 is 1.10 bits per heavy atom. The minimum atomic E-state index is -3.12. The van der Waals surface area contributed by atoms with Crippen molar-refractivity contribution in [2.45, 2.75) is 51.1 Å². The van der Waals surface area contributed by atoms with Crippen LogP contribution >= 0.6 is 0 Å². The number of allylic oxidation sites excluding steroid dienone is 4. The van der Waals surface area contributed by atoms with Gasteiger partial charge in [-0.2, -0.15) is 0 Å². The summed E-state index contributed by atoms with van der Waals surface area (Å²) in [5, 5.41) is 0. The summed E-state index contributed by atoms with van der Waals surface area (Å²) in [5.74, 6) is -6.03. The van der Waals surface area contributed by atoms with E-state index in [9.17, 15) is 17.6 Å². The Hall–Kier alpha value is -0.800. The zero-order valence-corrected chi connectivity index (χ0v) is 11.6. The summed E-state index contributed by atoms with van der Waals surface area (Å²) in [5.41, 5.74) is 0.396. The molecule has 112 valence electrons. The number of hydrogen-bond acceptors (Lipinski definition) is 0. The Morgan fingerprint density at radius 3 is 2.40 bits per heavy atom. The SMILES string of the molecule is CC1CCC(C2CC3=CC=C(F)[C@@H](F)C3C2(F)F)CC1. The molecule has 0 radical (unpaired) electrons. The van der Waals surface area contributed by atoms with Crippen molar-refractivity contribution in [3.8, 4) is 0 Å². The van der Waals surface area contributed by atoms with E-state index in [4.69, 9.17) is 0 Å². The van der Waals surface area contributed by atoms with Crippen LogP contribution in [0.2, 0.25) is 0 Å². The fourth-order valence-corrected chi connectivity index (χ4v) is 4.16. The highest BCUT2D eigenvalue weighted by Gasteiger charge is 2.60. The highest BCUT2D eigenvalue weighted by molar-refractivity contribution is 5.34. The van der Waals surface area contributed by atoms with Gasteiger partial charge in [-0.25, -0.2) is 17.6 Å². The van der Waals surface area contributed by atoms with E-state index in [0.717, 1.165) is 31.8 Å². The lowest BCUT2D eigenvalue weighted by atomic mass is 9.74. The molecule has 0 heterocycles. The summed E-state index contributed by atoms with van der Waals surface area (Å²) in [6.07, 6.45) is 3.94. The first-order chi connectivity index (χ1) is 9.41. The molecule has 3 aliphatic rings. The topological polar surface area (TPSA) is 0 Å². The molecule has 0 spiro atoms. The summed E-state index contributed by atoms with van der Waals surface area (Å²) >= 11 is 0. The standard InChI is InChI=1S/C16H20F4/c1-9-2-4-10(5-3-9)12-8-11-6-7-13(17)15(18)14(11)16(12,19)20/h6-7,9-10,12,14-15H,2-5,8H2,1H3/t9?,10?,12?,14?,15-/m1/s1. The third-order valence-corrected chi connectivity index (χ3v) is 5.41. The molecular weight excluding hydrogens is 268 g/mol. The number of halogens is 4. The van der Waals surface area contributed by atoms with Gasteiger partial charge >= 0.3 is 0 Å². The van der Waals surface area contributed by atoms with Crippen LogP contribution in [0.4, 0.5) is 17.6 Å². The molecule has 3 rings (SSSR count). The van der Waals surface area contributed by atoms with Crippen molar-refractivity contribution in [1.82, 2.24) is 0 Å². The second kappa shape index (κ2) is 4.88. The molecule has 3 aliphatic carbocycles. The maximum absolute atomic E-state index is 14.6. The lowest BCUT2D eigenvalue weighted by molar-refractivity contribution is -0.110. The molecule has 2 unspecified atom stereocenters. The molecule has 20 heavy (non-hydrogen) atoms. The van der Waals surface area contributed by atoms with Crippen molar-refractivity contribution >= 4 is 0 Å². The Labute approximate surface area is 116 Å². The third kappa shape index (κ3) is 2.11. The lowest BCUT2D eigenvalue weighted by Crippen LogP contribution is -2.40. The second-order valence-electron chi connectivity index (χ2n) is 6.68. The van der Waals surface area contributed by atoms with Gasteiger partial charge in [0.1, 0.15) is 5.83 Å². The van der Waals surface area contributed by atoms with Crippen LogP contribution in [0.25, 0.3) is 0 Å². The molecular formula is C16H20F4. The van der Waals surface area contributed by atoms with Gasteiger partial charge in [-0.1, -0.05) is 31.4 Å². The minimum Gasteiger partial charge on any atom is -0.239 e. The smallest absolute Gasteiger partial charge is 0.239 e. The molecule has 0 aromatic carbocycles. The van der Waals surface area contributed by atoms with Gasteiger partial charge in [-0.05, 0) is 37.2 Å². The van der Waals surface area contributed by atoms with E-state index in [2.05, 4.69) is 6.92 Å². The average Bonchev–Trinajstić information content (AvgIpc) is 2.67. The predicted molar refractivity (Wildman–Crippen MR) is 69.8 cm³/mol. The Kier molecular flexibility index (Phi) is 3.46. The van der Waals surface area contributed by atoms with Gasteiger partial charge in [0, 0.05) is 5.92 Å². The first-order valence-electron chi connectivity index (χ1n) is 7.49. The molecule has 0 aromatic rings. The van der Waals surface area contributed by atoms with Gasteiger partial charge in [-0.3, -0.25) is 0 Å². The lowest BCUT2D eigenvalue weighted by Gasteiger charge is -2.35. The Morgan fingerprint density at radius 2 is 1.75 bits per heavy atom. The maximum atomic E-state index is 14.6. The molecule has 2 saturated carbocycles. The number of alkyl halides is 3. The fraction of sp³-hybridized carbons (Fsp3) is 0.750. The van der Waals surface area contributed by atoms with Crippen molar-refractivity contribution < 1.29 is 17.6 Å². The molecule has 0 nitrogen and oxygen atoms in total. The van der Waals surface area contributed by atoms with Gasteiger partial charge in [0.2, 0.25) is 0 Å². The van der Waals surface area contributed by atoms with Gasteiger partial charge in [-0.15, -0.1) is 0 Å². The zero-order valence-electron chi connectivity index (χ0n) is 11.6. The molecule has 0 saturated heterocycles. The van der Waals surface area contributed by atoms with Gasteiger partial charge in [0.25, 0.3) is 5.92 Å². The minimum absolute atomic E-state index is 0.0528. The summed E-state index contributed by atoms with van der Waals surface area (Å²) < 4.78 is 56.3. The largest absolute Gasteiger partial charge is 0.261 e. The molecule has 0 amide bonds. The van der Waals surface area contributed by atoms with E-state index < -0.39 is 29.8 Å². The number of fused-ring (bicyclic) bond motifs is 1. The first-order valence-corrected chi connectivity index (χ1v) is 7.49. The fourth-order valence-electron chi connectivity index (χ4n) is 4.16. The van der Waals surface area contributed by atoms with Crippen LogP contribution in [0.5, 0.6) is 0 Å². The molecule has 4 heteroatoms. The molecule has 0 aliphatic heterocycles. The van der Waals surface area contributed by atoms with E-state index in [0.29, 0.717) is 11.5 Å². The predicted octanol–water partition coefficient (Wildman–Crippen LogP) is 5.22. The molecule has 3 atom stereocenters. The molecule has 0 N–H and O–H groups in total. The van der Waals surface area contributed by atoms with Gasteiger partial charge < -0.3 is 0 Å². The van der Waals surface area contributed by atoms with Crippen LogP contribution in [-0.2, 0) is 0 Å². The maximum Gasteiger partial charge on any atom is 0.261 e. The highest BCUT2D eigenvalue weighted by Crippen LogP contribution is 2.57. The highest BCUT2D eigenvalue weighted by atomic mass is 19.3. The van der Waals surface area contributed by atoms with Crippen molar-refractivity contribution in [3.63, 3.8) is 0 Å². The molecule has 0 aromatic heterocycles. The van der Waals surface area contributed by atoms with Crippen molar-refractivity contribution in [2.75, 3.05) is 0 Å². The molecule has 2 fully saturated rings. The Bertz CT molecular complexity index is 443. The number of hydrogen-bond donors (Lipinski definition) is 0. The van der Waals surface area contributed by atoms with Gasteiger partial charge in [0.15, 0.2) is 6.17 Å². The third-order valence-electron chi connectivity index (χ3n) is 5.41. The van der Waals surface area contributed by atoms with Crippen LogP contribution in [0.3, 0.4) is 0 Å². The summed E-state index contributed by atoms with van der Waals surface area (Å²) in [7, 11) is 0. The first kappa shape index (κ1) is 14.2. The quantitative estimate of drug-likeness (QED) is 0.581. The average molecular weight is 288 g/mol. The van der Waals surface area contributed by atoms with Crippen LogP contribution < -0.4 is 0 Å². The molecule has 0 bridgehead atoms. The summed E-state index contributed by atoms with van der Waals surface area (Å²) in [6, 6.07) is 0. The van der Waals surface area contributed by atoms with Gasteiger partial charge in [0.05, 0.1) is 5.92 Å². The van der Waals surface area contributed by atoms with Crippen molar-refractivity contribution in [2.24, 2.45) is 23.7 Å². The van der Waals surface area contributed by atoms with Crippen LogP contribution in [-0.4, -0.2) is 12.1 Å². The van der Waals surface area contributed by atoms with Crippen molar-refractivity contribution in [1.29, 1.82) is 0 Å². The van der Waals surface area contributed by atoms with Crippen LogP contribution in [0.15, 0.2) is 23.6 Å². The normalized spacial score (nSPS) is 43.8. The summed E-state index contributed by atoms with van der Waals surface area (Å²) in [6.45, 7) is 2.14. The number of rotatable bonds is 1. The van der Waals surface area contributed by atoms with E-state index in [1.807, 2.05) is 0 Å². The van der Waals surface area contributed by atoms with E-state index in [1.54, 1.807) is 0 Å². The van der Waals surface area contributed by atoms with E-state index in [1.165, 1.54) is 6.08 Å². The van der Waals surface area contributed by atoms with Crippen LogP contribution in [0, 0.1) is 23.7 Å². The Balaban J connectivity index is 1.83. The van der Waals surface area contributed by atoms with E-state index in [-0.39, 0.29) is 12.3 Å². The monoisotopic (exact) mass is 288 g/mol. The zero-order chi connectivity index (χ0) is 14.5. The van der Waals surface area contributed by atoms with Crippen molar-refractivity contribution in [3.05, 3.63) is 23.6 Å². The van der Waals surface area contributed by atoms with Crippen LogP contribution in [0.1, 0.15) is 39.0 Å². The summed E-state index contributed by atoms with van der Waals surface area (Å²) in [4.78, 5) is 0. The van der Waals surface area contributed by atoms with E-state index >= 15 is 0 Å². The second-order valence-corrected chi connectivity index (χ2v) is 6.68.